The Bertz CT molecular complexity index is 1070. The number of hydrogen-bond donors (Lipinski definition) is 0. The van der Waals surface area contributed by atoms with Gasteiger partial charge in [0.05, 0.1) is 18.8 Å². The van der Waals surface area contributed by atoms with Gasteiger partial charge in [0.2, 0.25) is 5.78 Å². The van der Waals surface area contributed by atoms with Gasteiger partial charge < -0.3 is 23.8 Å². The average molecular weight is 441 g/mol. The number of nitrogens with zero attached hydrogens (tertiary/aromatic N) is 1. The smallest absolute Gasteiger partial charge is 0.308 e. The standard InChI is InChI=1S/C23H23NO8/c1-13-11-17(30-14(2)25)20-18(12-13)32-23(22(28)24-7-9-29-10-8-24)16(21(20)27)5-4-6-19(23)31-15(3)26/h4-6,11-12,19H,7-10H2,1-3H3/t19-,23+/m1/s1. The fourth-order valence-electron chi connectivity index (χ4n) is 4.17. The van der Waals surface area contributed by atoms with Crippen LogP contribution in [0.5, 0.6) is 11.5 Å². The van der Waals surface area contributed by atoms with Gasteiger partial charge in [0.1, 0.15) is 17.1 Å². The third-order valence-corrected chi connectivity index (χ3v) is 5.47. The van der Waals surface area contributed by atoms with Gasteiger partial charge in [-0.2, -0.15) is 0 Å². The molecule has 4 rings (SSSR count). The Morgan fingerprint density at radius 1 is 1.12 bits per heavy atom. The fraction of sp³-hybridized carbons (Fsp3) is 0.391. The Hall–Kier alpha value is -3.46. The highest BCUT2D eigenvalue weighted by Crippen LogP contribution is 2.46. The summed E-state index contributed by atoms with van der Waals surface area (Å²) in [6.45, 7) is 5.50. The molecular formula is C23H23NO8. The Labute approximate surface area is 184 Å². The van der Waals surface area contributed by atoms with Crippen LogP contribution in [0, 0.1) is 6.92 Å². The normalized spacial score (nSPS) is 24.0. The summed E-state index contributed by atoms with van der Waals surface area (Å²) in [6, 6.07) is 3.15. The van der Waals surface area contributed by atoms with Crippen LogP contribution >= 0.6 is 0 Å². The predicted octanol–water partition coefficient (Wildman–Crippen LogP) is 1.52. The predicted molar refractivity (Wildman–Crippen MR) is 110 cm³/mol. The number of ether oxygens (including phenoxy) is 4. The summed E-state index contributed by atoms with van der Waals surface area (Å²) in [4.78, 5) is 52.5. The molecule has 0 aromatic heterocycles. The van der Waals surface area contributed by atoms with Crippen molar-refractivity contribution in [1.82, 2.24) is 4.90 Å². The molecule has 3 aliphatic rings. The third-order valence-electron chi connectivity index (χ3n) is 5.47. The number of amides is 1. The average Bonchev–Trinajstić information content (AvgIpc) is 2.73. The Kier molecular flexibility index (Phi) is 5.60. The molecule has 0 spiro atoms. The van der Waals surface area contributed by atoms with Crippen LogP contribution in [0.4, 0.5) is 0 Å². The van der Waals surface area contributed by atoms with E-state index < -0.39 is 35.3 Å². The topological polar surface area (TPSA) is 108 Å². The van der Waals surface area contributed by atoms with Crippen molar-refractivity contribution in [3.63, 3.8) is 0 Å². The minimum Gasteiger partial charge on any atom is -0.467 e. The molecule has 9 nitrogen and oxygen atoms in total. The van der Waals surface area contributed by atoms with Crippen molar-refractivity contribution in [2.75, 3.05) is 26.3 Å². The van der Waals surface area contributed by atoms with E-state index in [0.29, 0.717) is 31.9 Å². The molecule has 1 saturated heterocycles. The molecule has 0 saturated carbocycles. The first-order valence-corrected chi connectivity index (χ1v) is 10.2. The molecule has 1 aromatic rings. The van der Waals surface area contributed by atoms with E-state index in [1.165, 1.54) is 30.9 Å². The number of hydrogen-bond acceptors (Lipinski definition) is 8. The molecule has 1 aromatic carbocycles. The maximum Gasteiger partial charge on any atom is 0.308 e. The van der Waals surface area contributed by atoms with Gasteiger partial charge in [-0.15, -0.1) is 0 Å². The van der Waals surface area contributed by atoms with Crippen LogP contribution in [-0.2, 0) is 23.9 Å². The number of esters is 2. The van der Waals surface area contributed by atoms with E-state index in [1.54, 1.807) is 25.1 Å². The summed E-state index contributed by atoms with van der Waals surface area (Å²) >= 11 is 0. The molecular weight excluding hydrogens is 418 g/mol. The number of benzene rings is 1. The zero-order valence-corrected chi connectivity index (χ0v) is 18.0. The van der Waals surface area contributed by atoms with Crippen molar-refractivity contribution in [2.45, 2.75) is 32.5 Å². The highest BCUT2D eigenvalue weighted by Gasteiger charge is 2.60. The molecule has 0 radical (unpaired) electrons. The molecule has 2 heterocycles. The third kappa shape index (κ3) is 3.58. The molecule has 9 heteroatoms. The van der Waals surface area contributed by atoms with Crippen molar-refractivity contribution >= 4 is 23.6 Å². The van der Waals surface area contributed by atoms with E-state index in [1.807, 2.05) is 0 Å². The number of fused-ring (bicyclic) bond motifs is 2. The Morgan fingerprint density at radius 3 is 2.50 bits per heavy atom. The van der Waals surface area contributed by atoms with E-state index in [2.05, 4.69) is 0 Å². The molecule has 32 heavy (non-hydrogen) atoms. The van der Waals surface area contributed by atoms with Crippen LogP contribution < -0.4 is 9.47 Å². The number of rotatable bonds is 3. The van der Waals surface area contributed by atoms with Crippen LogP contribution in [0.3, 0.4) is 0 Å². The summed E-state index contributed by atoms with van der Waals surface area (Å²) in [6.07, 6.45) is 3.37. The number of morpholine rings is 1. The van der Waals surface area contributed by atoms with Crippen molar-refractivity contribution in [3.8, 4) is 11.5 Å². The fourth-order valence-corrected chi connectivity index (χ4v) is 4.17. The van der Waals surface area contributed by atoms with Gasteiger partial charge >= 0.3 is 11.9 Å². The summed E-state index contributed by atoms with van der Waals surface area (Å²) in [5, 5.41) is 0. The molecule has 1 fully saturated rings. The lowest BCUT2D eigenvalue weighted by Gasteiger charge is -2.45. The maximum atomic E-state index is 13.8. The number of Topliss-reactive ketones (excluding diaryl/α,β-unsaturated/α-hetero) is 1. The van der Waals surface area contributed by atoms with Crippen LogP contribution in [-0.4, -0.2) is 66.5 Å². The first-order chi connectivity index (χ1) is 15.2. The zero-order chi connectivity index (χ0) is 23.0. The number of ketones is 1. The van der Waals surface area contributed by atoms with Crippen molar-refractivity contribution in [2.24, 2.45) is 0 Å². The highest BCUT2D eigenvalue weighted by molar-refractivity contribution is 6.19. The first-order valence-electron chi connectivity index (χ1n) is 10.2. The Morgan fingerprint density at radius 2 is 1.84 bits per heavy atom. The summed E-state index contributed by atoms with van der Waals surface area (Å²) < 4.78 is 22.3. The number of aryl methyl sites for hydroxylation is 1. The van der Waals surface area contributed by atoms with E-state index in [9.17, 15) is 19.2 Å². The molecule has 1 amide bonds. The lowest BCUT2D eigenvalue weighted by Crippen LogP contribution is -2.65. The SMILES string of the molecule is CC(=O)Oc1cc(C)cc2c1C(=O)C1=CC=C[C@@H](OC(C)=O)[C@@]1(C(=O)N1CCOCC1)O2. The lowest BCUT2D eigenvalue weighted by molar-refractivity contribution is -0.166. The minimum atomic E-state index is -1.90. The quantitative estimate of drug-likeness (QED) is 0.513. The summed E-state index contributed by atoms with van der Waals surface area (Å²) in [5.41, 5.74) is -1.19. The minimum absolute atomic E-state index is 0.00694. The van der Waals surface area contributed by atoms with E-state index in [0.717, 1.165) is 0 Å². The van der Waals surface area contributed by atoms with Crippen molar-refractivity contribution < 1.29 is 38.1 Å². The van der Waals surface area contributed by atoms with E-state index in [-0.39, 0.29) is 22.6 Å². The molecule has 0 unspecified atom stereocenters. The van der Waals surface area contributed by atoms with Gasteiger partial charge in [-0.1, -0.05) is 12.2 Å². The molecule has 1 aliphatic carbocycles. The van der Waals surface area contributed by atoms with Gasteiger partial charge in [-0.3, -0.25) is 19.2 Å². The number of carbonyl (C=O) groups excluding carboxylic acids is 4. The lowest BCUT2D eigenvalue weighted by atomic mass is 9.76. The number of carbonyl (C=O) groups is 4. The van der Waals surface area contributed by atoms with Gasteiger partial charge in [0.25, 0.3) is 11.5 Å². The van der Waals surface area contributed by atoms with Crippen LogP contribution in [0.1, 0.15) is 29.8 Å². The second-order valence-electron chi connectivity index (χ2n) is 7.80. The molecule has 0 bridgehead atoms. The van der Waals surface area contributed by atoms with Crippen LogP contribution in [0.15, 0.2) is 35.9 Å². The van der Waals surface area contributed by atoms with E-state index >= 15 is 0 Å². The monoisotopic (exact) mass is 441 g/mol. The summed E-state index contributed by atoms with van der Waals surface area (Å²) in [5.74, 6) is -2.13. The first kappa shape index (κ1) is 21.8. The van der Waals surface area contributed by atoms with Gasteiger partial charge in [0.15, 0.2) is 6.10 Å². The van der Waals surface area contributed by atoms with Crippen molar-refractivity contribution in [3.05, 3.63) is 47.1 Å². The Balaban J connectivity index is 1.90. The molecule has 2 atom stereocenters. The molecule has 2 aliphatic heterocycles. The summed E-state index contributed by atoms with van der Waals surface area (Å²) in [7, 11) is 0. The van der Waals surface area contributed by atoms with Crippen LogP contribution in [0.25, 0.3) is 0 Å². The van der Waals surface area contributed by atoms with Crippen LogP contribution in [0.2, 0.25) is 0 Å². The van der Waals surface area contributed by atoms with Gasteiger partial charge in [0, 0.05) is 26.9 Å². The maximum absolute atomic E-state index is 13.8. The van der Waals surface area contributed by atoms with E-state index in [4.69, 9.17) is 18.9 Å². The molecule has 168 valence electrons. The van der Waals surface area contributed by atoms with Gasteiger partial charge in [-0.25, -0.2) is 0 Å². The largest absolute Gasteiger partial charge is 0.467 e. The second kappa shape index (κ2) is 8.23. The highest BCUT2D eigenvalue weighted by atomic mass is 16.6. The van der Waals surface area contributed by atoms with Gasteiger partial charge in [-0.05, 0) is 30.7 Å². The zero-order valence-electron chi connectivity index (χ0n) is 18.0. The second-order valence-corrected chi connectivity index (χ2v) is 7.80. The molecule has 0 N–H and O–H groups in total. The number of allylic oxidation sites excluding steroid dienone is 2. The van der Waals surface area contributed by atoms with Crippen molar-refractivity contribution in [1.29, 1.82) is 0 Å².